The number of hydrogen-bond donors (Lipinski definition) is 5. The molecule has 2 aromatic rings. The number of carbonyl (C=O) groups is 9. The van der Waals surface area contributed by atoms with Crippen molar-refractivity contribution in [3.63, 3.8) is 0 Å². The number of sulfonamides is 2. The standard InChI is InChI=1S/C18H24FN3O5S.C12H18ClNO3.C12H19NO4.C6H7FN2O2S/c1-4-18(2,3)15(23)17(25)22-11-5-6-14(22)16(24)20-21-28(26,27)13-9-7-12(19)8-10-13;1-4-12(2,3)9(15)11(17)14-7-5-6-8(14)10(13)16;1-4-12(2,3)9(14)10(15)13-7-5-6-8(13)11(16)17;7-5-1-3-6(4-2-5)12(10,11)9-8/h7-10,14,21H,4-6,11H2,1-3H3,(H,20,24);8H,4-7H2,1-3H3;8H,4-7H2,1-3H3,(H,16,17);1-4,9H,8H2/t14-;2*8-;/m000./s1. The number of hydrazine groups is 2. The van der Waals surface area contributed by atoms with E-state index in [2.05, 4.69) is 5.43 Å². The number of carboxylic acid groups (broad SMARTS) is 1. The predicted octanol–water partition coefficient (Wildman–Crippen LogP) is 3.92. The number of carboxylic acids is 1. The van der Waals surface area contributed by atoms with Crippen molar-refractivity contribution in [1.82, 2.24) is 29.8 Å². The van der Waals surface area contributed by atoms with Crippen molar-refractivity contribution in [2.24, 2.45) is 22.1 Å². The Labute approximate surface area is 435 Å². The van der Waals surface area contributed by atoms with E-state index in [1.165, 1.54) is 14.7 Å². The third kappa shape index (κ3) is 17.2. The molecule has 0 radical (unpaired) electrons. The molecule has 5 rings (SSSR count). The molecule has 3 atom stereocenters. The Morgan fingerprint density at radius 2 is 0.892 bits per heavy atom. The van der Waals surface area contributed by atoms with Crippen LogP contribution in [0.2, 0.25) is 0 Å². The van der Waals surface area contributed by atoms with E-state index in [0.717, 1.165) is 48.5 Å². The molecule has 0 aliphatic carbocycles. The molecule has 0 aromatic heterocycles. The van der Waals surface area contributed by atoms with Crippen molar-refractivity contribution in [3.8, 4) is 0 Å². The summed E-state index contributed by atoms with van der Waals surface area (Å²) in [4.78, 5) is 114. The highest BCUT2D eigenvalue weighted by Crippen LogP contribution is 2.28. The van der Waals surface area contributed by atoms with E-state index in [4.69, 9.17) is 22.6 Å². The zero-order valence-corrected chi connectivity index (χ0v) is 45.3. The number of ketones is 3. The number of Topliss-reactive ketones (excluding diaryl/α,β-unsaturated/α-hetero) is 3. The number of aliphatic carboxylic acids is 1. The average molecular weight is 1100 g/mol. The van der Waals surface area contributed by atoms with Gasteiger partial charge in [0.05, 0.1) is 9.79 Å². The summed E-state index contributed by atoms with van der Waals surface area (Å²) >= 11 is 5.43. The molecule has 0 unspecified atom stereocenters. The van der Waals surface area contributed by atoms with Crippen molar-refractivity contribution >= 4 is 83.8 Å². The molecule has 6 N–H and O–H groups in total. The van der Waals surface area contributed by atoms with Crippen LogP contribution in [0.5, 0.6) is 0 Å². The SMILES string of the molecule is CCC(C)(C)C(=O)C(=O)N1CCC[C@H]1C(=O)Cl.CCC(C)(C)C(=O)C(=O)N1CCC[C@H]1C(=O)NNS(=O)(=O)c1ccc(F)cc1.CCC(C)(C)C(=O)C(=O)N1CCC[C@H]1C(=O)O.NNS(=O)(=O)c1ccc(F)cc1. The summed E-state index contributed by atoms with van der Waals surface area (Å²) < 4.78 is 71.5. The Morgan fingerprint density at radius 3 is 1.22 bits per heavy atom. The Hall–Kier alpha value is -5.60. The zero-order chi connectivity index (χ0) is 56.7. The lowest BCUT2D eigenvalue weighted by atomic mass is 9.84. The Bertz CT molecular complexity index is 2550. The van der Waals surface area contributed by atoms with E-state index in [-0.39, 0.29) is 16.3 Å². The normalized spacial score (nSPS) is 17.9. The molecule has 3 aliphatic heterocycles. The monoisotopic (exact) mass is 1100 g/mol. The second-order valence-corrected chi connectivity index (χ2v) is 23.2. The highest BCUT2D eigenvalue weighted by atomic mass is 35.5. The van der Waals surface area contributed by atoms with Gasteiger partial charge in [0.25, 0.3) is 43.7 Å². The molecular weight excluding hydrogens is 1040 g/mol. The van der Waals surface area contributed by atoms with E-state index < -0.39 is 118 Å². The third-order valence-corrected chi connectivity index (χ3v) is 15.9. The Kier molecular flexibility index (Phi) is 23.8. The highest BCUT2D eigenvalue weighted by Gasteiger charge is 2.43. The summed E-state index contributed by atoms with van der Waals surface area (Å²) in [7, 11) is -7.76. The van der Waals surface area contributed by atoms with Gasteiger partial charge in [0.1, 0.15) is 29.8 Å². The number of rotatable bonds is 17. The minimum absolute atomic E-state index is 0.0635. The van der Waals surface area contributed by atoms with Gasteiger partial charge in [-0.2, -0.15) is 4.83 Å². The first kappa shape index (κ1) is 64.5. The van der Waals surface area contributed by atoms with Crippen LogP contribution in [-0.4, -0.2) is 127 Å². The number of nitrogens with one attached hydrogen (secondary N) is 3. The molecule has 3 fully saturated rings. The minimum Gasteiger partial charge on any atom is -0.480 e. The molecule has 3 saturated heterocycles. The minimum atomic E-state index is -4.10. The average Bonchev–Trinajstić information content (AvgIpc) is 4.18. The molecule has 2 aromatic carbocycles. The van der Waals surface area contributed by atoms with E-state index >= 15 is 0 Å². The number of amides is 4. The first-order valence-electron chi connectivity index (χ1n) is 23.7. The molecule has 26 heteroatoms. The van der Waals surface area contributed by atoms with Gasteiger partial charge in [0, 0.05) is 35.9 Å². The fourth-order valence-corrected chi connectivity index (χ4v) is 8.80. The second-order valence-electron chi connectivity index (χ2n) is 19.4. The van der Waals surface area contributed by atoms with Crippen LogP contribution in [-0.2, 0) is 63.2 Å². The summed E-state index contributed by atoms with van der Waals surface area (Å²) in [6, 6.07) is 6.02. The molecule has 3 heterocycles. The summed E-state index contributed by atoms with van der Waals surface area (Å²) in [5, 5.41) is 8.41. The van der Waals surface area contributed by atoms with Crippen molar-refractivity contribution in [2.45, 2.75) is 148 Å². The van der Waals surface area contributed by atoms with Crippen molar-refractivity contribution in [1.29, 1.82) is 0 Å². The van der Waals surface area contributed by atoms with Crippen LogP contribution in [0.1, 0.15) is 120 Å². The lowest BCUT2D eigenvalue weighted by Crippen LogP contribution is -2.53. The fourth-order valence-electron chi connectivity index (χ4n) is 7.09. The van der Waals surface area contributed by atoms with Gasteiger partial charge in [-0.25, -0.2) is 30.4 Å². The lowest BCUT2D eigenvalue weighted by Gasteiger charge is -2.27. The predicted molar refractivity (Wildman–Crippen MR) is 266 cm³/mol. The zero-order valence-electron chi connectivity index (χ0n) is 43.0. The molecule has 0 bridgehead atoms. The first-order chi connectivity index (χ1) is 34.2. The van der Waals surface area contributed by atoms with E-state index in [1.807, 2.05) is 18.7 Å². The van der Waals surface area contributed by atoms with E-state index in [1.54, 1.807) is 53.3 Å². The molecule has 0 spiro atoms. The number of halogens is 3. The molecule has 412 valence electrons. The van der Waals surface area contributed by atoms with Crippen LogP contribution in [0.15, 0.2) is 58.3 Å². The molecular formula is C48H68ClF2N7O14S2. The lowest BCUT2D eigenvalue weighted by molar-refractivity contribution is -0.154. The van der Waals surface area contributed by atoms with Crippen molar-refractivity contribution in [2.75, 3.05) is 19.6 Å². The number of hydrogen-bond acceptors (Lipinski definition) is 14. The van der Waals surface area contributed by atoms with Crippen LogP contribution in [0.25, 0.3) is 0 Å². The summed E-state index contributed by atoms with van der Waals surface area (Å²) in [6.45, 7) is 16.7. The maximum atomic E-state index is 12.9. The second kappa shape index (κ2) is 27.3. The van der Waals surface area contributed by atoms with Crippen molar-refractivity contribution in [3.05, 3.63) is 60.2 Å². The van der Waals surface area contributed by atoms with Gasteiger partial charge in [-0.15, -0.1) is 4.83 Å². The van der Waals surface area contributed by atoms with Crippen LogP contribution < -0.4 is 20.9 Å². The number of likely N-dealkylation sites (tertiary alicyclic amines) is 3. The number of carbonyl (C=O) groups excluding carboxylic acids is 8. The van der Waals surface area contributed by atoms with Gasteiger partial charge in [-0.05, 0) is 118 Å². The third-order valence-electron chi connectivity index (χ3n) is 13.2. The van der Waals surface area contributed by atoms with Gasteiger partial charge < -0.3 is 19.8 Å². The maximum absolute atomic E-state index is 12.9. The van der Waals surface area contributed by atoms with Crippen LogP contribution in [0.4, 0.5) is 8.78 Å². The largest absolute Gasteiger partial charge is 0.480 e. The molecule has 3 aliphatic rings. The smallest absolute Gasteiger partial charge is 0.326 e. The quantitative estimate of drug-likeness (QED) is 0.0649. The van der Waals surface area contributed by atoms with E-state index in [0.29, 0.717) is 70.9 Å². The first-order valence-corrected chi connectivity index (χ1v) is 27.1. The Balaban J connectivity index is 0.000000355. The molecule has 21 nitrogen and oxygen atoms in total. The maximum Gasteiger partial charge on any atom is 0.326 e. The highest BCUT2D eigenvalue weighted by molar-refractivity contribution is 7.89. The molecule has 4 amide bonds. The number of benzene rings is 2. The summed E-state index contributed by atoms with van der Waals surface area (Å²) in [5.74, 6) is -1.60. The summed E-state index contributed by atoms with van der Waals surface area (Å²) in [5.41, 5.74) is -0.164. The van der Waals surface area contributed by atoms with E-state index in [9.17, 15) is 68.8 Å². The Morgan fingerprint density at radius 1 is 0.581 bits per heavy atom. The van der Waals surface area contributed by atoms with Gasteiger partial charge >= 0.3 is 5.97 Å². The fraction of sp³-hybridized carbons (Fsp3) is 0.562. The van der Waals surface area contributed by atoms with Gasteiger partial charge in [-0.3, -0.25) is 49.6 Å². The van der Waals surface area contributed by atoms with Gasteiger partial charge in [-0.1, -0.05) is 62.3 Å². The molecule has 74 heavy (non-hydrogen) atoms. The van der Waals surface area contributed by atoms with Crippen LogP contribution in [0.3, 0.4) is 0 Å². The molecule has 0 saturated carbocycles. The number of nitrogens with two attached hydrogens (primary N) is 1. The van der Waals surface area contributed by atoms with Crippen LogP contribution >= 0.6 is 11.6 Å². The number of nitrogens with zero attached hydrogens (tertiary/aromatic N) is 3. The summed E-state index contributed by atoms with van der Waals surface area (Å²) in [6.07, 6.45) is 4.80. The van der Waals surface area contributed by atoms with Gasteiger partial charge in [0.15, 0.2) is 0 Å². The van der Waals surface area contributed by atoms with Crippen molar-refractivity contribution < 1.29 is 73.9 Å². The topological polar surface area (TPSA) is 314 Å². The van der Waals surface area contributed by atoms with Gasteiger partial charge in [0.2, 0.25) is 22.6 Å². The van der Waals surface area contributed by atoms with Crippen LogP contribution in [0, 0.1) is 27.9 Å².